The molecule has 4 heteroatoms. The average Bonchev–Trinajstić information content (AvgIpc) is 2.79. The molecule has 0 heterocycles. The molecule has 0 spiro atoms. The maximum Gasteiger partial charge on any atom is 0.308 e. The quantitative estimate of drug-likeness (QED) is 0.218. The number of esters is 2. The lowest BCUT2D eigenvalue weighted by molar-refractivity contribution is -0.133. The van der Waals surface area contributed by atoms with Gasteiger partial charge in [-0.25, -0.2) is 0 Å². The third-order valence-electron chi connectivity index (χ3n) is 5.45. The zero-order chi connectivity index (χ0) is 22.7. The van der Waals surface area contributed by atoms with Gasteiger partial charge in [-0.2, -0.15) is 0 Å². The van der Waals surface area contributed by atoms with Gasteiger partial charge in [0, 0.05) is 41.7 Å². The Hall–Kier alpha value is -3.92. The summed E-state index contributed by atoms with van der Waals surface area (Å²) in [5.41, 5.74) is 3.64. The first-order valence-electron chi connectivity index (χ1n) is 10.5. The molecule has 4 nitrogen and oxygen atoms in total. The van der Waals surface area contributed by atoms with Gasteiger partial charge in [0.1, 0.15) is 11.5 Å². The minimum atomic E-state index is -0.407. The number of benzene rings is 4. The summed E-state index contributed by atoms with van der Waals surface area (Å²) in [6, 6.07) is 27.6. The first-order chi connectivity index (χ1) is 15.5. The summed E-state index contributed by atoms with van der Waals surface area (Å²) in [5, 5.41) is 1.44. The maximum absolute atomic E-state index is 12.2. The number of carbonyl (C=O) groups is 2. The molecule has 0 saturated carbocycles. The highest BCUT2D eigenvalue weighted by Gasteiger charge is 2.28. The van der Waals surface area contributed by atoms with Crippen molar-refractivity contribution in [3.8, 4) is 11.5 Å². The van der Waals surface area contributed by atoms with E-state index in [1.807, 2.05) is 67.6 Å². The Morgan fingerprint density at radius 3 is 1.50 bits per heavy atom. The highest BCUT2D eigenvalue weighted by molar-refractivity contribution is 5.99. The van der Waals surface area contributed by atoms with Crippen molar-refractivity contribution in [2.75, 3.05) is 0 Å². The van der Waals surface area contributed by atoms with Gasteiger partial charge in [0.05, 0.1) is 0 Å². The Kier molecular flexibility index (Phi) is 6.04. The molecule has 0 aliphatic rings. The molecular weight excluding hydrogens is 400 g/mol. The van der Waals surface area contributed by atoms with Gasteiger partial charge >= 0.3 is 11.9 Å². The second-order valence-electron chi connectivity index (χ2n) is 7.68. The van der Waals surface area contributed by atoms with Crippen LogP contribution in [0.15, 0.2) is 84.9 Å². The van der Waals surface area contributed by atoms with E-state index in [1.165, 1.54) is 13.8 Å². The average molecular weight is 424 g/mol. The Balaban J connectivity index is 2.14. The molecule has 0 atom stereocenters. The van der Waals surface area contributed by atoms with Crippen molar-refractivity contribution in [3.05, 3.63) is 107 Å². The fourth-order valence-electron chi connectivity index (χ4n) is 4.21. The summed E-state index contributed by atoms with van der Waals surface area (Å²) < 4.78 is 11.5. The van der Waals surface area contributed by atoms with Crippen molar-refractivity contribution < 1.29 is 19.1 Å². The molecule has 160 valence electrons. The molecule has 0 unspecified atom stereocenters. The Bertz CT molecular complexity index is 1240. The molecule has 4 aromatic carbocycles. The zero-order valence-electron chi connectivity index (χ0n) is 18.3. The molecule has 0 saturated heterocycles. The maximum atomic E-state index is 12.2. The van der Waals surface area contributed by atoms with E-state index in [4.69, 9.17) is 9.47 Å². The van der Waals surface area contributed by atoms with Crippen molar-refractivity contribution in [2.24, 2.45) is 0 Å². The number of hydrogen-bond donors (Lipinski definition) is 0. The van der Waals surface area contributed by atoms with Crippen LogP contribution in [0.3, 0.4) is 0 Å². The smallest absolute Gasteiger partial charge is 0.308 e. The predicted octanol–water partition coefficient (Wildman–Crippen LogP) is 6.18. The summed E-state index contributed by atoms with van der Waals surface area (Å²) in [6.45, 7) is 4.69. The van der Waals surface area contributed by atoms with Gasteiger partial charge in [0.25, 0.3) is 0 Å². The minimum Gasteiger partial charge on any atom is -0.426 e. The van der Waals surface area contributed by atoms with Crippen LogP contribution >= 0.6 is 0 Å². The van der Waals surface area contributed by atoms with Gasteiger partial charge in [-0.05, 0) is 18.1 Å². The molecule has 0 fully saturated rings. The van der Waals surface area contributed by atoms with Gasteiger partial charge in [-0.3, -0.25) is 9.59 Å². The normalized spacial score (nSPS) is 10.9. The molecule has 32 heavy (non-hydrogen) atoms. The third kappa shape index (κ3) is 4.12. The van der Waals surface area contributed by atoms with Crippen LogP contribution in [0, 0.1) is 6.92 Å². The molecule has 0 aliphatic heterocycles. The van der Waals surface area contributed by atoms with E-state index in [1.54, 1.807) is 0 Å². The summed E-state index contributed by atoms with van der Waals surface area (Å²) in [6.07, 6.45) is 0. The molecule has 0 N–H and O–H groups in total. The van der Waals surface area contributed by atoms with Crippen LogP contribution in [0.4, 0.5) is 0 Å². The Morgan fingerprint density at radius 1 is 0.625 bits per heavy atom. The van der Waals surface area contributed by atoms with Crippen LogP contribution in [0.2, 0.25) is 0 Å². The van der Waals surface area contributed by atoms with Crippen LogP contribution in [0.5, 0.6) is 11.5 Å². The molecule has 4 aromatic rings. The van der Waals surface area contributed by atoms with E-state index in [-0.39, 0.29) is 5.92 Å². The fraction of sp³-hybridized carbons (Fsp3) is 0.143. The van der Waals surface area contributed by atoms with E-state index < -0.39 is 11.9 Å². The third-order valence-corrected chi connectivity index (χ3v) is 5.45. The van der Waals surface area contributed by atoms with E-state index in [9.17, 15) is 9.59 Å². The molecule has 0 aromatic heterocycles. The fourth-order valence-corrected chi connectivity index (χ4v) is 4.21. The molecule has 0 amide bonds. The van der Waals surface area contributed by atoms with Gasteiger partial charge in [0.15, 0.2) is 0 Å². The number of rotatable bonds is 5. The van der Waals surface area contributed by atoms with Crippen molar-refractivity contribution in [1.82, 2.24) is 0 Å². The molecule has 0 radical (unpaired) electrons. The van der Waals surface area contributed by atoms with Crippen molar-refractivity contribution >= 4 is 22.7 Å². The SMILES string of the molecule is CC(=O)Oc1c(C)c(C(c2ccccc2)c2ccccc2)c(OC(C)=O)c2ccccc12. The van der Waals surface area contributed by atoms with E-state index >= 15 is 0 Å². The lowest BCUT2D eigenvalue weighted by atomic mass is 9.81. The van der Waals surface area contributed by atoms with E-state index in [0.29, 0.717) is 11.5 Å². The van der Waals surface area contributed by atoms with Gasteiger partial charge in [0.2, 0.25) is 0 Å². The van der Waals surface area contributed by atoms with E-state index in [0.717, 1.165) is 33.0 Å². The lowest BCUT2D eigenvalue weighted by Gasteiger charge is -2.26. The predicted molar refractivity (Wildman–Crippen MR) is 125 cm³/mol. The summed E-state index contributed by atoms with van der Waals surface area (Å²) in [4.78, 5) is 24.2. The second-order valence-corrected chi connectivity index (χ2v) is 7.68. The van der Waals surface area contributed by atoms with Crippen LogP contribution in [-0.4, -0.2) is 11.9 Å². The van der Waals surface area contributed by atoms with Crippen LogP contribution < -0.4 is 9.47 Å². The van der Waals surface area contributed by atoms with Crippen molar-refractivity contribution in [2.45, 2.75) is 26.7 Å². The number of ether oxygens (including phenoxy) is 2. The van der Waals surface area contributed by atoms with Gasteiger partial charge < -0.3 is 9.47 Å². The number of carbonyl (C=O) groups excluding carboxylic acids is 2. The molecule has 0 aliphatic carbocycles. The summed E-state index contributed by atoms with van der Waals surface area (Å²) >= 11 is 0. The van der Waals surface area contributed by atoms with Crippen LogP contribution in [0.1, 0.15) is 42.0 Å². The van der Waals surface area contributed by atoms with Crippen molar-refractivity contribution in [1.29, 1.82) is 0 Å². The summed E-state index contributed by atoms with van der Waals surface area (Å²) in [5.74, 6) is -0.0722. The number of fused-ring (bicyclic) bond motifs is 1. The second kappa shape index (κ2) is 9.06. The van der Waals surface area contributed by atoms with Crippen molar-refractivity contribution in [3.63, 3.8) is 0 Å². The Labute approximate surface area is 187 Å². The molecule has 4 rings (SSSR count). The minimum absolute atomic E-state index is 0.231. The molecular formula is C28H24O4. The van der Waals surface area contributed by atoms with E-state index in [2.05, 4.69) is 24.3 Å². The van der Waals surface area contributed by atoms with Gasteiger partial charge in [-0.1, -0.05) is 84.9 Å². The van der Waals surface area contributed by atoms with Gasteiger partial charge in [-0.15, -0.1) is 0 Å². The number of hydrogen-bond acceptors (Lipinski definition) is 4. The highest BCUT2D eigenvalue weighted by atomic mass is 16.5. The Morgan fingerprint density at radius 2 is 1.03 bits per heavy atom. The monoisotopic (exact) mass is 424 g/mol. The highest BCUT2D eigenvalue weighted by Crippen LogP contribution is 2.47. The zero-order valence-corrected chi connectivity index (χ0v) is 18.3. The molecule has 0 bridgehead atoms. The summed E-state index contributed by atoms with van der Waals surface area (Å²) in [7, 11) is 0. The standard InChI is InChI=1S/C28H24O4/c1-18-25(26(21-12-6-4-7-13-21)22-14-8-5-9-15-22)28(32-20(3)30)24-17-11-10-16-23(24)27(18)31-19(2)29/h4-17,26H,1-3H3. The lowest BCUT2D eigenvalue weighted by Crippen LogP contribution is -2.13. The first-order valence-corrected chi connectivity index (χ1v) is 10.5. The first kappa shape index (κ1) is 21.3. The largest absolute Gasteiger partial charge is 0.426 e. The van der Waals surface area contributed by atoms with Crippen LogP contribution in [-0.2, 0) is 9.59 Å². The topological polar surface area (TPSA) is 52.6 Å². The van der Waals surface area contributed by atoms with Crippen LogP contribution in [0.25, 0.3) is 10.8 Å².